The van der Waals surface area contributed by atoms with Crippen LogP contribution >= 0.6 is 9.24 Å². The fourth-order valence-electron chi connectivity index (χ4n) is 1.41. The van der Waals surface area contributed by atoms with Crippen LogP contribution in [0.1, 0.15) is 0 Å². The third-order valence-electron chi connectivity index (χ3n) is 2.12. The van der Waals surface area contributed by atoms with Crippen LogP contribution in [0.4, 0.5) is 0 Å². The van der Waals surface area contributed by atoms with E-state index in [2.05, 4.69) is 9.24 Å². The van der Waals surface area contributed by atoms with Gasteiger partial charge in [-0.2, -0.15) is 0 Å². The summed E-state index contributed by atoms with van der Waals surface area (Å²) in [6.45, 7) is 0. The van der Waals surface area contributed by atoms with E-state index >= 15 is 0 Å². The molecule has 1 nitrogen and oxygen atoms in total. The summed E-state index contributed by atoms with van der Waals surface area (Å²) in [5.41, 5.74) is 2.17. The fourth-order valence-corrected chi connectivity index (χ4v) is 1.76. The summed E-state index contributed by atoms with van der Waals surface area (Å²) >= 11 is 0. The highest BCUT2D eigenvalue weighted by molar-refractivity contribution is 7.28. The smallest absolute Gasteiger partial charge is 0.116 e. The molecule has 2 heteroatoms. The minimum Gasteiger partial charge on any atom is -0.508 e. The first-order chi connectivity index (χ1) is 6.77. The number of rotatable bonds is 1. The van der Waals surface area contributed by atoms with Gasteiger partial charge in [0.05, 0.1) is 0 Å². The average molecular weight is 202 g/mol. The van der Waals surface area contributed by atoms with Crippen LogP contribution < -0.4 is 5.30 Å². The van der Waals surface area contributed by atoms with E-state index in [4.69, 9.17) is 0 Å². The molecule has 0 amide bonds. The van der Waals surface area contributed by atoms with Crippen molar-refractivity contribution in [2.75, 3.05) is 0 Å². The number of benzene rings is 2. The molecule has 0 saturated heterocycles. The van der Waals surface area contributed by atoms with Crippen molar-refractivity contribution in [1.29, 1.82) is 0 Å². The number of hydrogen-bond acceptors (Lipinski definition) is 1. The molecule has 1 N–H and O–H groups in total. The molecule has 0 heterocycles. The predicted molar refractivity (Wildman–Crippen MR) is 62.9 cm³/mol. The van der Waals surface area contributed by atoms with Crippen molar-refractivity contribution in [1.82, 2.24) is 0 Å². The van der Waals surface area contributed by atoms with Gasteiger partial charge in [0.15, 0.2) is 0 Å². The highest BCUT2D eigenvalue weighted by Crippen LogP contribution is 2.22. The average Bonchev–Trinajstić information content (AvgIpc) is 2.23. The third-order valence-corrected chi connectivity index (χ3v) is 2.63. The van der Waals surface area contributed by atoms with Crippen LogP contribution in [0.3, 0.4) is 0 Å². The van der Waals surface area contributed by atoms with Crippen molar-refractivity contribution in [2.24, 2.45) is 0 Å². The second-order valence-electron chi connectivity index (χ2n) is 3.14. The molecule has 0 aliphatic heterocycles. The van der Waals surface area contributed by atoms with E-state index in [9.17, 15) is 5.11 Å². The molecule has 2 aromatic rings. The molecule has 0 spiro atoms. The Labute approximate surface area is 85.6 Å². The van der Waals surface area contributed by atoms with Gasteiger partial charge >= 0.3 is 0 Å². The lowest BCUT2D eigenvalue weighted by molar-refractivity contribution is 0.476. The summed E-state index contributed by atoms with van der Waals surface area (Å²) in [6.07, 6.45) is 0. The largest absolute Gasteiger partial charge is 0.508 e. The molecule has 0 aromatic heterocycles. The van der Waals surface area contributed by atoms with E-state index in [0.717, 1.165) is 16.4 Å². The Bertz CT molecular complexity index is 437. The lowest BCUT2D eigenvalue weighted by Crippen LogP contribution is -1.95. The van der Waals surface area contributed by atoms with Crippen molar-refractivity contribution < 1.29 is 5.11 Å². The molecule has 2 aromatic carbocycles. The topological polar surface area (TPSA) is 20.2 Å². The molecule has 0 aliphatic carbocycles. The van der Waals surface area contributed by atoms with E-state index in [1.807, 2.05) is 36.4 Å². The predicted octanol–water partition coefficient (Wildman–Crippen LogP) is 2.56. The molecule has 1 unspecified atom stereocenters. The van der Waals surface area contributed by atoms with Crippen LogP contribution in [0.15, 0.2) is 48.5 Å². The van der Waals surface area contributed by atoms with Gasteiger partial charge in [0.1, 0.15) is 5.75 Å². The first-order valence-corrected chi connectivity index (χ1v) is 4.99. The maximum atomic E-state index is 9.39. The number of phenols is 1. The summed E-state index contributed by atoms with van der Waals surface area (Å²) in [5, 5.41) is 10.5. The summed E-state index contributed by atoms with van der Waals surface area (Å²) < 4.78 is 0. The zero-order valence-electron chi connectivity index (χ0n) is 7.64. The normalized spacial score (nSPS) is 10.1. The maximum absolute atomic E-state index is 9.39. The van der Waals surface area contributed by atoms with Gasteiger partial charge < -0.3 is 5.11 Å². The van der Waals surface area contributed by atoms with Gasteiger partial charge in [-0.15, -0.1) is 9.24 Å². The summed E-state index contributed by atoms with van der Waals surface area (Å²) in [4.78, 5) is 0. The van der Waals surface area contributed by atoms with Crippen molar-refractivity contribution in [2.45, 2.75) is 0 Å². The fraction of sp³-hybridized carbons (Fsp3) is 0. The minimum absolute atomic E-state index is 0.301. The quantitative estimate of drug-likeness (QED) is 0.704. The van der Waals surface area contributed by atoms with Gasteiger partial charge in [0.25, 0.3) is 0 Å². The summed E-state index contributed by atoms with van der Waals surface area (Å²) in [7, 11) is 2.67. The molecule has 14 heavy (non-hydrogen) atoms. The van der Waals surface area contributed by atoms with Crippen LogP contribution in [0.25, 0.3) is 11.1 Å². The monoisotopic (exact) mass is 202 g/mol. The van der Waals surface area contributed by atoms with E-state index in [1.165, 1.54) is 0 Å². The van der Waals surface area contributed by atoms with Gasteiger partial charge in [0, 0.05) is 0 Å². The van der Waals surface area contributed by atoms with Crippen LogP contribution in [0.5, 0.6) is 5.75 Å². The molecule has 2 rings (SSSR count). The van der Waals surface area contributed by atoms with E-state index in [0.29, 0.717) is 5.75 Å². The number of aromatic hydroxyl groups is 1. The molecular weight excluding hydrogens is 191 g/mol. The van der Waals surface area contributed by atoms with Crippen molar-refractivity contribution in [3.05, 3.63) is 48.5 Å². The van der Waals surface area contributed by atoms with Crippen molar-refractivity contribution in [3.63, 3.8) is 0 Å². The van der Waals surface area contributed by atoms with Crippen LogP contribution in [0.2, 0.25) is 0 Å². The van der Waals surface area contributed by atoms with Crippen LogP contribution in [0, 0.1) is 0 Å². The molecule has 0 saturated carbocycles. The Morgan fingerprint density at radius 1 is 0.929 bits per heavy atom. The molecule has 70 valence electrons. The van der Waals surface area contributed by atoms with E-state index < -0.39 is 0 Å². The zero-order chi connectivity index (χ0) is 9.97. The van der Waals surface area contributed by atoms with Crippen molar-refractivity contribution in [3.8, 4) is 16.9 Å². The first kappa shape index (κ1) is 9.23. The molecule has 1 atom stereocenters. The van der Waals surface area contributed by atoms with Gasteiger partial charge in [-0.05, 0) is 28.6 Å². The van der Waals surface area contributed by atoms with Crippen LogP contribution in [-0.2, 0) is 0 Å². The zero-order valence-corrected chi connectivity index (χ0v) is 8.80. The number of hydrogen-bond donors (Lipinski definition) is 1. The standard InChI is InChI=1S/C12H11OP/c13-10-6-7-12(14)11(8-10)9-4-2-1-3-5-9/h1-8,13H,14H2. The Hall–Kier alpha value is -1.33. The summed E-state index contributed by atoms with van der Waals surface area (Å²) in [6, 6.07) is 15.4. The molecular formula is C12H11OP. The van der Waals surface area contributed by atoms with Gasteiger partial charge in [-0.3, -0.25) is 0 Å². The lowest BCUT2D eigenvalue weighted by Gasteiger charge is -2.05. The first-order valence-electron chi connectivity index (χ1n) is 4.41. The van der Waals surface area contributed by atoms with Gasteiger partial charge in [0.2, 0.25) is 0 Å². The van der Waals surface area contributed by atoms with E-state index in [1.54, 1.807) is 12.1 Å². The summed E-state index contributed by atoms with van der Waals surface area (Å²) in [5.74, 6) is 0.301. The highest BCUT2D eigenvalue weighted by atomic mass is 31.0. The van der Waals surface area contributed by atoms with Gasteiger partial charge in [-0.25, -0.2) is 0 Å². The lowest BCUT2D eigenvalue weighted by atomic mass is 10.1. The number of phenolic OH excluding ortho intramolecular Hbond substituents is 1. The molecule has 0 aliphatic rings. The van der Waals surface area contributed by atoms with E-state index in [-0.39, 0.29) is 0 Å². The van der Waals surface area contributed by atoms with Gasteiger partial charge in [-0.1, -0.05) is 36.4 Å². The third kappa shape index (κ3) is 1.78. The Kier molecular flexibility index (Phi) is 2.51. The minimum atomic E-state index is 0.301. The highest BCUT2D eigenvalue weighted by Gasteiger charge is 2.01. The van der Waals surface area contributed by atoms with Crippen LogP contribution in [-0.4, -0.2) is 5.11 Å². The SMILES string of the molecule is Oc1ccc(P)c(-c2ccccc2)c1. The second-order valence-corrected chi connectivity index (χ2v) is 3.76. The Morgan fingerprint density at radius 2 is 1.64 bits per heavy atom. The molecule has 0 bridgehead atoms. The second kappa shape index (κ2) is 3.81. The maximum Gasteiger partial charge on any atom is 0.116 e. The molecule has 0 fully saturated rings. The Morgan fingerprint density at radius 3 is 2.36 bits per heavy atom. The Balaban J connectivity index is 2.57. The molecule has 0 radical (unpaired) electrons. The van der Waals surface area contributed by atoms with Crippen molar-refractivity contribution >= 4 is 14.5 Å².